The van der Waals surface area contributed by atoms with Gasteiger partial charge in [0, 0.05) is 18.7 Å². The molecule has 3 amide bonds. The Kier molecular flexibility index (Phi) is 8.07. The maximum absolute atomic E-state index is 12.8. The molecule has 1 aliphatic rings. The Morgan fingerprint density at radius 3 is 2.31 bits per heavy atom. The summed E-state index contributed by atoms with van der Waals surface area (Å²) in [6.07, 6.45) is 3.70. The summed E-state index contributed by atoms with van der Waals surface area (Å²) in [5, 5.41) is 12.0. The zero-order chi connectivity index (χ0) is 20.3. The first-order chi connectivity index (χ1) is 14.2. The lowest BCUT2D eigenvalue weighted by atomic mass is 9.95. The van der Waals surface area contributed by atoms with E-state index in [4.69, 9.17) is 0 Å². The van der Waals surface area contributed by atoms with E-state index < -0.39 is 6.04 Å². The van der Waals surface area contributed by atoms with Crippen LogP contribution >= 0.6 is 0 Å². The average Bonchev–Trinajstić information content (AvgIpc) is 2.75. The lowest BCUT2D eigenvalue weighted by Crippen LogP contribution is -2.49. The molecular formula is C23H30N4O2. The maximum Gasteiger partial charge on any atom is 0.315 e. The second-order valence-electron chi connectivity index (χ2n) is 7.48. The van der Waals surface area contributed by atoms with Crippen LogP contribution in [-0.2, 0) is 11.2 Å². The lowest BCUT2D eigenvalue weighted by Gasteiger charge is -2.23. The van der Waals surface area contributed by atoms with Crippen LogP contribution in [0.25, 0.3) is 0 Å². The summed E-state index contributed by atoms with van der Waals surface area (Å²) in [5.74, 6) is 0.423. The van der Waals surface area contributed by atoms with Gasteiger partial charge in [0.25, 0.3) is 0 Å². The second-order valence-corrected chi connectivity index (χ2v) is 7.48. The predicted octanol–water partition coefficient (Wildman–Crippen LogP) is 2.93. The van der Waals surface area contributed by atoms with Gasteiger partial charge in [-0.2, -0.15) is 0 Å². The van der Waals surface area contributed by atoms with Crippen molar-refractivity contribution >= 4 is 17.6 Å². The Hall–Kier alpha value is -2.86. The summed E-state index contributed by atoms with van der Waals surface area (Å²) in [4.78, 5) is 25.2. The van der Waals surface area contributed by atoms with Gasteiger partial charge < -0.3 is 21.3 Å². The third kappa shape index (κ3) is 7.23. The molecule has 0 bridgehead atoms. The summed E-state index contributed by atoms with van der Waals surface area (Å²) < 4.78 is 0. The number of amides is 3. The average molecular weight is 395 g/mol. The van der Waals surface area contributed by atoms with Crippen molar-refractivity contribution in [1.82, 2.24) is 16.0 Å². The highest BCUT2D eigenvalue weighted by Crippen LogP contribution is 2.14. The number of rotatable bonds is 8. The van der Waals surface area contributed by atoms with Crippen LogP contribution in [0.4, 0.5) is 10.5 Å². The van der Waals surface area contributed by atoms with Gasteiger partial charge in [0.15, 0.2) is 0 Å². The molecule has 4 N–H and O–H groups in total. The van der Waals surface area contributed by atoms with Crippen molar-refractivity contribution in [3.05, 3.63) is 66.2 Å². The molecule has 6 heteroatoms. The van der Waals surface area contributed by atoms with E-state index in [1.54, 1.807) is 0 Å². The summed E-state index contributed by atoms with van der Waals surface area (Å²) >= 11 is 0. The third-order valence-electron chi connectivity index (χ3n) is 5.24. The molecule has 1 saturated heterocycles. The molecule has 0 radical (unpaired) electrons. The Balaban J connectivity index is 1.54. The molecule has 3 rings (SSSR count). The van der Waals surface area contributed by atoms with Gasteiger partial charge in [-0.1, -0.05) is 48.5 Å². The minimum Gasteiger partial charge on any atom is -0.338 e. The number of para-hydroxylation sites is 1. The Morgan fingerprint density at radius 2 is 1.62 bits per heavy atom. The zero-order valence-corrected chi connectivity index (χ0v) is 16.7. The van der Waals surface area contributed by atoms with Gasteiger partial charge in [0.1, 0.15) is 6.04 Å². The minimum atomic E-state index is -0.656. The highest BCUT2D eigenvalue weighted by Gasteiger charge is 2.21. The second kappa shape index (κ2) is 11.2. The van der Waals surface area contributed by atoms with E-state index in [1.165, 1.54) is 0 Å². The van der Waals surface area contributed by atoms with Gasteiger partial charge in [0.05, 0.1) is 0 Å². The number of nitrogens with one attached hydrogen (secondary N) is 4. The quantitative estimate of drug-likeness (QED) is 0.556. The lowest BCUT2D eigenvalue weighted by molar-refractivity contribution is -0.117. The summed E-state index contributed by atoms with van der Waals surface area (Å²) in [6.45, 7) is 2.72. The molecular weight excluding hydrogens is 364 g/mol. The van der Waals surface area contributed by atoms with Crippen molar-refractivity contribution in [2.24, 2.45) is 5.92 Å². The normalized spacial score (nSPS) is 15.3. The highest BCUT2D eigenvalue weighted by molar-refractivity contribution is 5.97. The molecule has 0 saturated carbocycles. The number of benzene rings is 2. The summed E-state index contributed by atoms with van der Waals surface area (Å²) in [7, 11) is 0. The van der Waals surface area contributed by atoms with Gasteiger partial charge in [-0.15, -0.1) is 0 Å². The van der Waals surface area contributed by atoms with Crippen molar-refractivity contribution in [3.8, 4) is 0 Å². The van der Waals surface area contributed by atoms with Crippen LogP contribution in [0.2, 0.25) is 0 Å². The SMILES string of the molecule is O=C(NCCC1CCNCC1)NC(Cc1ccccc1)C(=O)Nc1ccccc1. The number of carbonyl (C=O) groups excluding carboxylic acids is 2. The number of piperidine rings is 1. The molecule has 0 aromatic heterocycles. The van der Waals surface area contributed by atoms with Gasteiger partial charge >= 0.3 is 6.03 Å². The van der Waals surface area contributed by atoms with Crippen LogP contribution in [0.3, 0.4) is 0 Å². The molecule has 29 heavy (non-hydrogen) atoms. The topological polar surface area (TPSA) is 82.3 Å². The van der Waals surface area contributed by atoms with Crippen molar-refractivity contribution < 1.29 is 9.59 Å². The smallest absolute Gasteiger partial charge is 0.315 e. The maximum atomic E-state index is 12.8. The standard InChI is InChI=1S/C23H30N4O2/c28-22(26-20-9-5-2-6-10-20)21(17-19-7-3-1-4-8-19)27-23(29)25-16-13-18-11-14-24-15-12-18/h1-10,18,21,24H,11-17H2,(H,26,28)(H2,25,27,29). The van der Waals surface area contributed by atoms with E-state index in [2.05, 4.69) is 21.3 Å². The van der Waals surface area contributed by atoms with Crippen molar-refractivity contribution in [3.63, 3.8) is 0 Å². The molecule has 1 fully saturated rings. The molecule has 154 valence electrons. The predicted molar refractivity (Wildman–Crippen MR) is 116 cm³/mol. The first-order valence-corrected chi connectivity index (χ1v) is 10.4. The molecule has 2 aromatic carbocycles. The molecule has 1 aliphatic heterocycles. The zero-order valence-electron chi connectivity index (χ0n) is 16.7. The Labute approximate surface area is 172 Å². The van der Waals surface area contributed by atoms with Crippen LogP contribution < -0.4 is 21.3 Å². The number of hydrogen-bond acceptors (Lipinski definition) is 3. The largest absolute Gasteiger partial charge is 0.338 e. The van der Waals surface area contributed by atoms with Gasteiger partial charge in [0.2, 0.25) is 5.91 Å². The number of hydrogen-bond donors (Lipinski definition) is 4. The first-order valence-electron chi connectivity index (χ1n) is 10.4. The molecule has 0 aliphatic carbocycles. The van der Waals surface area contributed by atoms with Crippen molar-refractivity contribution in [2.75, 3.05) is 25.0 Å². The molecule has 0 spiro atoms. The van der Waals surface area contributed by atoms with E-state index in [-0.39, 0.29) is 11.9 Å². The fourth-order valence-electron chi connectivity index (χ4n) is 3.58. The van der Waals surface area contributed by atoms with E-state index in [0.29, 0.717) is 24.6 Å². The van der Waals surface area contributed by atoms with E-state index in [1.807, 2.05) is 60.7 Å². The van der Waals surface area contributed by atoms with Crippen LogP contribution in [0, 0.1) is 5.92 Å². The van der Waals surface area contributed by atoms with Crippen molar-refractivity contribution in [2.45, 2.75) is 31.7 Å². The van der Waals surface area contributed by atoms with Crippen LogP contribution in [-0.4, -0.2) is 37.6 Å². The number of urea groups is 1. The fraction of sp³-hybridized carbons (Fsp3) is 0.391. The number of carbonyl (C=O) groups is 2. The van der Waals surface area contributed by atoms with Gasteiger partial charge in [-0.05, 0) is 56.0 Å². The number of anilines is 1. The highest BCUT2D eigenvalue weighted by atomic mass is 16.2. The molecule has 1 heterocycles. The first kappa shape index (κ1) is 20.9. The van der Waals surface area contributed by atoms with E-state index in [0.717, 1.165) is 37.9 Å². The van der Waals surface area contributed by atoms with Crippen molar-refractivity contribution in [1.29, 1.82) is 0 Å². The minimum absolute atomic E-state index is 0.228. The monoisotopic (exact) mass is 394 g/mol. The molecule has 1 unspecified atom stereocenters. The van der Waals surface area contributed by atoms with Crippen LogP contribution in [0.5, 0.6) is 0 Å². The molecule has 1 atom stereocenters. The summed E-state index contributed by atoms with van der Waals surface area (Å²) in [6, 6.07) is 18.0. The van der Waals surface area contributed by atoms with Gasteiger partial charge in [-0.3, -0.25) is 4.79 Å². The fourth-order valence-corrected chi connectivity index (χ4v) is 3.58. The summed E-state index contributed by atoms with van der Waals surface area (Å²) in [5.41, 5.74) is 1.71. The third-order valence-corrected chi connectivity index (χ3v) is 5.24. The molecule has 6 nitrogen and oxygen atoms in total. The van der Waals surface area contributed by atoms with E-state index >= 15 is 0 Å². The Bertz CT molecular complexity index is 761. The van der Waals surface area contributed by atoms with Gasteiger partial charge in [-0.25, -0.2) is 4.79 Å². The molecule has 2 aromatic rings. The van der Waals surface area contributed by atoms with Crippen LogP contribution in [0.15, 0.2) is 60.7 Å². The van der Waals surface area contributed by atoms with Crippen LogP contribution in [0.1, 0.15) is 24.8 Å². The van der Waals surface area contributed by atoms with E-state index in [9.17, 15) is 9.59 Å². The Morgan fingerprint density at radius 1 is 0.966 bits per heavy atom.